The van der Waals surface area contributed by atoms with Crippen LogP contribution in [0.25, 0.3) is 0 Å². The molecule has 3 rings (SSSR count). The molecule has 0 aliphatic heterocycles. The minimum atomic E-state index is 0.418. The number of aromatic nitrogens is 2. The maximum Gasteiger partial charge on any atom is 0.145 e. The van der Waals surface area contributed by atoms with Gasteiger partial charge in [-0.05, 0) is 31.1 Å². The Balaban J connectivity index is 1.70. The van der Waals surface area contributed by atoms with Gasteiger partial charge in [-0.2, -0.15) is 0 Å². The van der Waals surface area contributed by atoms with Gasteiger partial charge in [-0.1, -0.05) is 19.8 Å². The van der Waals surface area contributed by atoms with Crippen molar-refractivity contribution in [1.82, 2.24) is 9.97 Å². The lowest BCUT2D eigenvalue weighted by atomic mass is 9.89. The van der Waals surface area contributed by atoms with Gasteiger partial charge in [0.25, 0.3) is 0 Å². The quantitative estimate of drug-likeness (QED) is 0.561. The monoisotopic (exact) mass is 261 g/mol. The minimum Gasteiger partial charge on any atom is -0.369 e. The zero-order valence-electron chi connectivity index (χ0n) is 11.6. The smallest absolute Gasteiger partial charge is 0.145 e. The van der Waals surface area contributed by atoms with E-state index in [2.05, 4.69) is 27.6 Å². The van der Waals surface area contributed by atoms with Gasteiger partial charge in [0, 0.05) is 18.5 Å². The lowest BCUT2D eigenvalue weighted by Gasteiger charge is -2.24. The van der Waals surface area contributed by atoms with E-state index in [-0.39, 0.29) is 0 Å². The molecule has 0 unspecified atom stereocenters. The number of hydrogen-bond donors (Lipinski definition) is 3. The molecule has 0 radical (unpaired) electrons. The number of anilines is 2. The van der Waals surface area contributed by atoms with Crippen LogP contribution in [0.4, 0.5) is 11.6 Å². The summed E-state index contributed by atoms with van der Waals surface area (Å²) in [4.78, 5) is 9.04. The Hall–Kier alpha value is -1.36. The first-order valence-electron chi connectivity index (χ1n) is 7.28. The normalized spacial score (nSPS) is 21.4. The summed E-state index contributed by atoms with van der Waals surface area (Å²) in [6.45, 7) is 3.34. The highest BCUT2D eigenvalue weighted by Crippen LogP contribution is 2.39. The lowest BCUT2D eigenvalue weighted by Crippen LogP contribution is -2.23. The molecule has 5 heteroatoms. The van der Waals surface area contributed by atoms with E-state index in [1.807, 2.05) is 6.07 Å². The lowest BCUT2D eigenvalue weighted by molar-refractivity contribution is 0.361. The second-order valence-electron chi connectivity index (χ2n) is 6.29. The number of nitrogens with two attached hydrogens (primary N) is 1. The van der Waals surface area contributed by atoms with Crippen molar-refractivity contribution in [3.8, 4) is 0 Å². The van der Waals surface area contributed by atoms with Gasteiger partial charge in [0.05, 0.1) is 0 Å². The first kappa shape index (κ1) is 12.7. The van der Waals surface area contributed by atoms with Crippen LogP contribution < -0.4 is 16.6 Å². The third-order valence-electron chi connectivity index (χ3n) is 4.34. The van der Waals surface area contributed by atoms with Crippen molar-refractivity contribution in [1.29, 1.82) is 0 Å². The van der Waals surface area contributed by atoms with Crippen LogP contribution in [0.15, 0.2) is 6.07 Å². The zero-order chi connectivity index (χ0) is 13.3. The number of nitrogens with zero attached hydrogens (tertiary/aromatic N) is 2. The predicted octanol–water partition coefficient (Wildman–Crippen LogP) is 2.63. The van der Waals surface area contributed by atoms with Gasteiger partial charge in [-0.3, -0.25) is 0 Å². The number of nitrogen functional groups attached to an aromatic ring is 1. The maximum atomic E-state index is 5.48. The number of hydrogen-bond acceptors (Lipinski definition) is 5. The van der Waals surface area contributed by atoms with Crippen molar-refractivity contribution < 1.29 is 0 Å². The Morgan fingerprint density at radius 3 is 2.58 bits per heavy atom. The van der Waals surface area contributed by atoms with Gasteiger partial charge in [0.1, 0.15) is 17.5 Å². The molecule has 0 atom stereocenters. The van der Waals surface area contributed by atoms with E-state index in [1.54, 1.807) is 0 Å². The largest absolute Gasteiger partial charge is 0.369 e. The molecular weight excluding hydrogens is 238 g/mol. The van der Waals surface area contributed by atoms with Crippen molar-refractivity contribution in [3.63, 3.8) is 0 Å². The topological polar surface area (TPSA) is 75.9 Å². The Morgan fingerprint density at radius 2 is 1.95 bits per heavy atom. The van der Waals surface area contributed by atoms with Crippen molar-refractivity contribution in [2.24, 2.45) is 11.3 Å². The third kappa shape index (κ3) is 2.97. The van der Waals surface area contributed by atoms with Crippen molar-refractivity contribution in [2.45, 2.75) is 51.4 Å². The van der Waals surface area contributed by atoms with Crippen LogP contribution >= 0.6 is 0 Å². The highest BCUT2D eigenvalue weighted by Gasteiger charge is 2.29. The van der Waals surface area contributed by atoms with E-state index >= 15 is 0 Å². The highest BCUT2D eigenvalue weighted by atomic mass is 15.3. The standard InChI is InChI=1S/C14H23N5/c1-14(6-2-3-7-14)9-16-11-8-12(19-15)18-13(17-11)10-4-5-10/h8,10H,2-7,9,15H2,1H3,(H2,16,17,18,19). The summed E-state index contributed by atoms with van der Waals surface area (Å²) in [5.41, 5.74) is 3.05. The molecule has 104 valence electrons. The molecular formula is C14H23N5. The Morgan fingerprint density at radius 1 is 1.26 bits per heavy atom. The molecule has 5 nitrogen and oxygen atoms in total. The Labute approximate surface area is 114 Å². The second kappa shape index (κ2) is 4.96. The SMILES string of the molecule is CC1(CNc2cc(NN)nc(C3CC3)n2)CCCC1. The summed E-state index contributed by atoms with van der Waals surface area (Å²) in [6, 6.07) is 1.89. The molecule has 1 aromatic rings. The summed E-state index contributed by atoms with van der Waals surface area (Å²) in [5, 5.41) is 3.48. The van der Waals surface area contributed by atoms with Gasteiger partial charge < -0.3 is 10.7 Å². The average Bonchev–Trinajstić information content (AvgIpc) is 3.19. The fourth-order valence-corrected chi connectivity index (χ4v) is 2.86. The first-order valence-corrected chi connectivity index (χ1v) is 7.28. The van der Waals surface area contributed by atoms with E-state index in [9.17, 15) is 0 Å². The Kier molecular flexibility index (Phi) is 3.31. The second-order valence-corrected chi connectivity index (χ2v) is 6.29. The molecule has 0 saturated heterocycles. The summed E-state index contributed by atoms with van der Waals surface area (Å²) in [5.74, 6) is 8.55. The number of hydrazine groups is 1. The van der Waals surface area contributed by atoms with E-state index in [0.29, 0.717) is 17.2 Å². The van der Waals surface area contributed by atoms with E-state index in [1.165, 1.54) is 38.5 Å². The molecule has 1 heterocycles. The van der Waals surface area contributed by atoms with Gasteiger partial charge in [-0.15, -0.1) is 0 Å². The molecule has 1 aromatic heterocycles. The molecule has 2 fully saturated rings. The molecule has 0 bridgehead atoms. The molecule has 2 aliphatic rings. The highest BCUT2D eigenvalue weighted by molar-refractivity contribution is 5.47. The van der Waals surface area contributed by atoms with Gasteiger partial charge >= 0.3 is 0 Å². The van der Waals surface area contributed by atoms with Crippen LogP contribution in [-0.2, 0) is 0 Å². The fraction of sp³-hybridized carbons (Fsp3) is 0.714. The molecule has 4 N–H and O–H groups in total. The minimum absolute atomic E-state index is 0.418. The van der Waals surface area contributed by atoms with Crippen LogP contribution in [-0.4, -0.2) is 16.5 Å². The number of rotatable bonds is 5. The molecule has 0 spiro atoms. The van der Waals surface area contributed by atoms with Gasteiger partial charge in [0.15, 0.2) is 0 Å². The van der Waals surface area contributed by atoms with E-state index in [0.717, 1.165) is 18.2 Å². The molecule has 2 aliphatic carbocycles. The molecule has 0 amide bonds. The Bertz CT molecular complexity index is 449. The van der Waals surface area contributed by atoms with E-state index in [4.69, 9.17) is 5.84 Å². The first-order chi connectivity index (χ1) is 9.18. The van der Waals surface area contributed by atoms with Crippen molar-refractivity contribution in [2.75, 3.05) is 17.3 Å². The maximum absolute atomic E-state index is 5.48. The fourth-order valence-electron chi connectivity index (χ4n) is 2.86. The molecule has 0 aromatic carbocycles. The van der Waals surface area contributed by atoms with Gasteiger partial charge in [0.2, 0.25) is 0 Å². The van der Waals surface area contributed by atoms with E-state index < -0.39 is 0 Å². The average molecular weight is 261 g/mol. The van der Waals surface area contributed by atoms with Gasteiger partial charge in [-0.25, -0.2) is 15.8 Å². The summed E-state index contributed by atoms with van der Waals surface area (Å²) in [6.07, 6.45) is 7.72. The molecule has 19 heavy (non-hydrogen) atoms. The zero-order valence-corrected chi connectivity index (χ0v) is 11.6. The van der Waals surface area contributed by atoms with Crippen molar-refractivity contribution in [3.05, 3.63) is 11.9 Å². The van der Waals surface area contributed by atoms with Crippen LogP contribution in [0, 0.1) is 5.41 Å². The van der Waals surface area contributed by atoms with Crippen LogP contribution in [0.3, 0.4) is 0 Å². The summed E-state index contributed by atoms with van der Waals surface area (Å²) in [7, 11) is 0. The van der Waals surface area contributed by atoms with Crippen LogP contribution in [0.2, 0.25) is 0 Å². The summed E-state index contributed by atoms with van der Waals surface area (Å²) < 4.78 is 0. The third-order valence-corrected chi connectivity index (χ3v) is 4.34. The summed E-state index contributed by atoms with van der Waals surface area (Å²) >= 11 is 0. The van der Waals surface area contributed by atoms with Crippen LogP contribution in [0.5, 0.6) is 0 Å². The number of nitrogens with one attached hydrogen (secondary N) is 2. The van der Waals surface area contributed by atoms with Crippen molar-refractivity contribution >= 4 is 11.6 Å². The predicted molar refractivity (Wildman–Crippen MR) is 76.9 cm³/mol. The molecule has 2 saturated carbocycles. The van der Waals surface area contributed by atoms with Crippen LogP contribution in [0.1, 0.15) is 57.2 Å².